The van der Waals surface area contributed by atoms with Crippen molar-refractivity contribution in [2.45, 2.75) is 19.8 Å². The molecule has 2 nitrogen and oxygen atoms in total. The monoisotopic (exact) mass is 192 g/mol. The second kappa shape index (κ2) is 3.42. The van der Waals surface area contributed by atoms with Gasteiger partial charge < -0.3 is 4.72 Å². The molecule has 2 rings (SSSR count). The summed E-state index contributed by atoms with van der Waals surface area (Å²) in [5, 5.41) is 2.03. The van der Waals surface area contributed by atoms with E-state index in [0.29, 0.717) is 5.92 Å². The average Bonchev–Trinajstić information content (AvgIpc) is 2.17. The lowest BCUT2D eigenvalue weighted by Crippen LogP contribution is -2.00. The van der Waals surface area contributed by atoms with E-state index >= 15 is 0 Å². The zero-order valence-corrected chi connectivity index (χ0v) is 8.56. The summed E-state index contributed by atoms with van der Waals surface area (Å²) in [6.45, 7) is 4.31. The third kappa shape index (κ3) is 1.70. The highest BCUT2D eigenvalue weighted by Crippen LogP contribution is 2.26. The minimum Gasteiger partial charge on any atom is -0.310 e. The first kappa shape index (κ1) is 8.63. The Morgan fingerprint density at radius 2 is 2.23 bits per heavy atom. The van der Waals surface area contributed by atoms with Gasteiger partial charge in [-0.3, -0.25) is 0 Å². The summed E-state index contributed by atoms with van der Waals surface area (Å²) in [5.74, 6) is 1.47. The fraction of sp³-hybridized carbons (Fsp3) is 0.300. The minimum atomic E-state index is 0.489. The Bertz CT molecular complexity index is 345. The molecule has 2 heterocycles. The van der Waals surface area contributed by atoms with E-state index in [9.17, 15) is 0 Å². The van der Waals surface area contributed by atoms with Crippen LogP contribution in [0.3, 0.4) is 0 Å². The molecule has 1 aromatic heterocycles. The number of anilines is 1. The van der Waals surface area contributed by atoms with E-state index in [0.717, 1.165) is 11.5 Å². The highest BCUT2D eigenvalue weighted by Gasteiger charge is 2.08. The van der Waals surface area contributed by atoms with Crippen molar-refractivity contribution in [3.05, 3.63) is 28.8 Å². The average molecular weight is 192 g/mol. The van der Waals surface area contributed by atoms with E-state index < -0.39 is 0 Å². The van der Waals surface area contributed by atoms with Crippen LogP contribution in [0.25, 0.3) is 6.08 Å². The quantitative estimate of drug-likeness (QED) is 0.691. The van der Waals surface area contributed by atoms with E-state index in [1.54, 1.807) is 11.9 Å². The lowest BCUT2D eigenvalue weighted by Gasteiger charge is -2.13. The third-order valence-corrected chi connectivity index (χ3v) is 2.59. The smallest absolute Gasteiger partial charge is 0.143 e. The Morgan fingerprint density at radius 3 is 3.00 bits per heavy atom. The van der Waals surface area contributed by atoms with Crippen LogP contribution >= 0.6 is 11.9 Å². The molecule has 3 heteroatoms. The number of aromatic nitrogens is 1. The molecule has 1 N–H and O–H groups in total. The van der Waals surface area contributed by atoms with Crippen LogP contribution in [0, 0.1) is 0 Å². The number of rotatable bonds is 1. The Balaban J connectivity index is 2.42. The van der Waals surface area contributed by atoms with Crippen molar-refractivity contribution in [3.8, 4) is 0 Å². The summed E-state index contributed by atoms with van der Waals surface area (Å²) in [4.78, 5) is 4.53. The molecule has 0 aromatic carbocycles. The van der Waals surface area contributed by atoms with Crippen molar-refractivity contribution in [1.82, 2.24) is 4.98 Å². The first-order valence-electron chi connectivity index (χ1n) is 4.36. The molecule has 0 radical (unpaired) electrons. The molecule has 1 aromatic rings. The first-order chi connectivity index (χ1) is 6.27. The molecule has 1 aliphatic rings. The van der Waals surface area contributed by atoms with E-state index in [4.69, 9.17) is 0 Å². The van der Waals surface area contributed by atoms with Crippen molar-refractivity contribution < 1.29 is 0 Å². The third-order valence-electron chi connectivity index (χ3n) is 2.01. The van der Waals surface area contributed by atoms with E-state index in [1.807, 2.05) is 5.41 Å². The number of nitrogens with zero attached hydrogens (tertiary/aromatic N) is 1. The van der Waals surface area contributed by atoms with Gasteiger partial charge in [0.15, 0.2) is 0 Å². The first-order valence-corrected chi connectivity index (χ1v) is 5.24. The molecule has 0 bridgehead atoms. The fourth-order valence-electron chi connectivity index (χ4n) is 1.22. The molecule has 0 saturated heterocycles. The fourth-order valence-corrected chi connectivity index (χ4v) is 1.78. The molecule has 0 amide bonds. The molecular weight excluding hydrogens is 180 g/mol. The zero-order valence-electron chi connectivity index (χ0n) is 7.74. The highest BCUT2D eigenvalue weighted by atomic mass is 32.2. The molecule has 0 unspecified atom stereocenters. The van der Waals surface area contributed by atoms with Crippen LogP contribution in [0.1, 0.15) is 31.0 Å². The summed E-state index contributed by atoms with van der Waals surface area (Å²) in [6, 6.07) is 4.20. The zero-order chi connectivity index (χ0) is 9.26. The number of hydrogen-bond donors (Lipinski definition) is 1. The maximum atomic E-state index is 4.53. The normalized spacial score (nSPS) is 14.1. The van der Waals surface area contributed by atoms with Gasteiger partial charge in [0.05, 0.1) is 0 Å². The molecule has 68 valence electrons. The molecule has 0 fully saturated rings. The van der Waals surface area contributed by atoms with Crippen LogP contribution in [0.4, 0.5) is 5.82 Å². The van der Waals surface area contributed by atoms with Gasteiger partial charge in [-0.2, -0.15) is 0 Å². The van der Waals surface area contributed by atoms with Crippen LogP contribution in [0.2, 0.25) is 0 Å². The summed E-state index contributed by atoms with van der Waals surface area (Å²) in [5.41, 5.74) is 2.31. The summed E-state index contributed by atoms with van der Waals surface area (Å²) < 4.78 is 3.18. The van der Waals surface area contributed by atoms with Crippen LogP contribution in [-0.2, 0) is 0 Å². The van der Waals surface area contributed by atoms with Crippen LogP contribution in [0.5, 0.6) is 0 Å². The van der Waals surface area contributed by atoms with Crippen molar-refractivity contribution >= 4 is 23.8 Å². The van der Waals surface area contributed by atoms with Gasteiger partial charge in [0.2, 0.25) is 0 Å². The van der Waals surface area contributed by atoms with E-state index in [-0.39, 0.29) is 0 Å². The highest BCUT2D eigenvalue weighted by molar-refractivity contribution is 8.03. The van der Waals surface area contributed by atoms with Crippen molar-refractivity contribution in [2.75, 3.05) is 4.72 Å². The van der Waals surface area contributed by atoms with Gasteiger partial charge in [-0.1, -0.05) is 13.8 Å². The SMILES string of the molecule is CC(C)c1ccc2c(n1)NSC=C2. The van der Waals surface area contributed by atoms with Crippen molar-refractivity contribution in [2.24, 2.45) is 0 Å². The number of hydrogen-bond acceptors (Lipinski definition) is 3. The molecule has 0 aliphatic carbocycles. The molecular formula is C10H12N2S. The van der Waals surface area contributed by atoms with Gasteiger partial charge in [0, 0.05) is 11.3 Å². The largest absolute Gasteiger partial charge is 0.310 e. The number of pyridine rings is 1. The van der Waals surface area contributed by atoms with Gasteiger partial charge in [0.1, 0.15) is 5.82 Å². The van der Waals surface area contributed by atoms with Crippen molar-refractivity contribution in [1.29, 1.82) is 0 Å². The molecule has 0 saturated carbocycles. The molecule has 13 heavy (non-hydrogen) atoms. The van der Waals surface area contributed by atoms with E-state index in [2.05, 4.69) is 41.8 Å². The van der Waals surface area contributed by atoms with Gasteiger partial charge in [-0.05, 0) is 41.5 Å². The minimum absolute atomic E-state index is 0.489. The van der Waals surface area contributed by atoms with Crippen LogP contribution in [0.15, 0.2) is 17.5 Å². The predicted molar refractivity (Wildman–Crippen MR) is 58.6 cm³/mol. The molecule has 0 spiro atoms. The predicted octanol–water partition coefficient (Wildman–Crippen LogP) is 3.25. The van der Waals surface area contributed by atoms with Crippen molar-refractivity contribution in [3.63, 3.8) is 0 Å². The molecule has 1 aliphatic heterocycles. The Morgan fingerprint density at radius 1 is 1.38 bits per heavy atom. The lowest BCUT2D eigenvalue weighted by atomic mass is 10.1. The maximum absolute atomic E-state index is 4.53. The van der Waals surface area contributed by atoms with Gasteiger partial charge >= 0.3 is 0 Å². The second-order valence-corrected chi connectivity index (χ2v) is 4.06. The molecule has 0 atom stereocenters. The Kier molecular flexibility index (Phi) is 2.27. The summed E-state index contributed by atoms with van der Waals surface area (Å²) in [7, 11) is 0. The number of fused-ring (bicyclic) bond motifs is 1. The second-order valence-electron chi connectivity index (χ2n) is 3.35. The summed E-state index contributed by atoms with van der Waals surface area (Å²) >= 11 is 1.56. The Hall–Kier alpha value is -0.960. The standard InChI is InChI=1S/C10H12N2S/c1-7(2)9-4-3-8-5-6-13-12-10(8)11-9/h3-7H,1-2H3,(H,11,12). The van der Waals surface area contributed by atoms with Gasteiger partial charge in [-0.25, -0.2) is 4.98 Å². The van der Waals surface area contributed by atoms with Crippen LogP contribution < -0.4 is 4.72 Å². The van der Waals surface area contributed by atoms with Gasteiger partial charge in [0.25, 0.3) is 0 Å². The lowest BCUT2D eigenvalue weighted by molar-refractivity contribution is 0.825. The van der Waals surface area contributed by atoms with Gasteiger partial charge in [-0.15, -0.1) is 0 Å². The maximum Gasteiger partial charge on any atom is 0.143 e. The topological polar surface area (TPSA) is 24.9 Å². The Labute approximate surface area is 82.6 Å². The van der Waals surface area contributed by atoms with Crippen LogP contribution in [-0.4, -0.2) is 4.98 Å². The number of nitrogens with one attached hydrogen (secondary N) is 1. The van der Waals surface area contributed by atoms with E-state index in [1.165, 1.54) is 5.56 Å². The summed E-state index contributed by atoms with van der Waals surface area (Å²) in [6.07, 6.45) is 2.08.